The van der Waals surface area contributed by atoms with Crippen LogP contribution in [0.3, 0.4) is 0 Å². The number of benzene rings is 1. The number of anilines is 1. The first-order chi connectivity index (χ1) is 11.0. The van der Waals surface area contributed by atoms with E-state index in [1.54, 1.807) is 23.2 Å². The molecular formula is C19H25N3O. The van der Waals surface area contributed by atoms with Gasteiger partial charge in [-0.05, 0) is 51.5 Å². The van der Waals surface area contributed by atoms with E-state index in [0.29, 0.717) is 5.56 Å². The van der Waals surface area contributed by atoms with E-state index in [1.807, 2.05) is 32.1 Å². The summed E-state index contributed by atoms with van der Waals surface area (Å²) in [6.07, 6.45) is 6.87. The average molecular weight is 311 g/mol. The molecule has 1 aromatic heterocycles. The van der Waals surface area contributed by atoms with E-state index >= 15 is 0 Å². The molecule has 0 spiro atoms. The van der Waals surface area contributed by atoms with Gasteiger partial charge in [-0.2, -0.15) is 5.10 Å². The lowest BCUT2D eigenvalue weighted by Crippen LogP contribution is -2.21. The van der Waals surface area contributed by atoms with Gasteiger partial charge in [0.1, 0.15) is 0 Å². The van der Waals surface area contributed by atoms with Gasteiger partial charge < -0.3 is 4.90 Å². The maximum Gasteiger partial charge on any atom is 0.189 e. The molecule has 0 saturated heterocycles. The molecule has 0 amide bonds. The largest absolute Gasteiger partial charge is 0.372 e. The molecule has 4 nitrogen and oxygen atoms in total. The smallest absolute Gasteiger partial charge is 0.189 e. The molecule has 0 fully saturated rings. The first kappa shape index (κ1) is 17.0. The van der Waals surface area contributed by atoms with Crippen LogP contribution in [-0.4, -0.2) is 28.7 Å². The Labute approximate surface area is 138 Å². The quantitative estimate of drug-likeness (QED) is 0.568. The summed E-state index contributed by atoms with van der Waals surface area (Å²) in [5.41, 5.74) is 2.84. The Hall–Kier alpha value is -2.36. The van der Waals surface area contributed by atoms with Crippen LogP contribution in [0.1, 0.15) is 49.7 Å². The Morgan fingerprint density at radius 2 is 1.87 bits per heavy atom. The fourth-order valence-corrected chi connectivity index (χ4v) is 2.40. The summed E-state index contributed by atoms with van der Waals surface area (Å²) < 4.78 is 1.79. The van der Waals surface area contributed by atoms with Crippen molar-refractivity contribution >= 4 is 17.5 Å². The first-order valence-electron chi connectivity index (χ1n) is 8.16. The van der Waals surface area contributed by atoms with E-state index in [2.05, 4.69) is 36.0 Å². The molecular weight excluding hydrogens is 286 g/mol. The Morgan fingerprint density at radius 3 is 2.39 bits per heavy atom. The molecule has 122 valence electrons. The van der Waals surface area contributed by atoms with Crippen LogP contribution in [0.2, 0.25) is 0 Å². The molecule has 0 saturated carbocycles. The van der Waals surface area contributed by atoms with E-state index in [0.717, 1.165) is 18.7 Å². The summed E-state index contributed by atoms with van der Waals surface area (Å²) in [7, 11) is 0. The lowest BCUT2D eigenvalue weighted by molar-refractivity contribution is 0.104. The SMILES string of the molecule is CCN(CC)c1ccc(C=CC(=O)c2cnn(C(C)C)c2)cc1. The number of rotatable bonds is 7. The van der Waals surface area contributed by atoms with Crippen molar-refractivity contribution in [2.75, 3.05) is 18.0 Å². The van der Waals surface area contributed by atoms with Crippen molar-refractivity contribution in [2.45, 2.75) is 33.7 Å². The molecule has 2 rings (SSSR count). The van der Waals surface area contributed by atoms with Gasteiger partial charge in [-0.3, -0.25) is 9.48 Å². The van der Waals surface area contributed by atoms with Crippen LogP contribution in [0.25, 0.3) is 6.08 Å². The molecule has 2 aromatic rings. The highest BCUT2D eigenvalue weighted by Gasteiger charge is 2.07. The number of ketones is 1. The van der Waals surface area contributed by atoms with Gasteiger partial charge in [0, 0.05) is 31.0 Å². The van der Waals surface area contributed by atoms with Gasteiger partial charge in [0.05, 0.1) is 11.8 Å². The Morgan fingerprint density at radius 1 is 1.22 bits per heavy atom. The van der Waals surface area contributed by atoms with Crippen molar-refractivity contribution in [3.05, 3.63) is 53.9 Å². The summed E-state index contributed by atoms with van der Waals surface area (Å²) in [5, 5.41) is 4.20. The standard InChI is InChI=1S/C19H25N3O/c1-5-21(6-2)18-10-7-16(8-11-18)9-12-19(23)17-13-20-22(14-17)15(3)4/h7-15H,5-6H2,1-4H3. The summed E-state index contributed by atoms with van der Waals surface area (Å²) in [6.45, 7) is 10.3. The van der Waals surface area contributed by atoms with Gasteiger partial charge in [-0.25, -0.2) is 0 Å². The van der Waals surface area contributed by atoms with Crippen LogP contribution in [0, 0.1) is 0 Å². The number of hydrogen-bond acceptors (Lipinski definition) is 3. The maximum absolute atomic E-state index is 12.2. The van der Waals surface area contributed by atoms with Crippen molar-refractivity contribution in [1.82, 2.24) is 9.78 Å². The van der Waals surface area contributed by atoms with E-state index in [4.69, 9.17) is 0 Å². The third-order valence-electron chi connectivity index (χ3n) is 3.86. The third-order valence-corrected chi connectivity index (χ3v) is 3.86. The van der Waals surface area contributed by atoms with Crippen LogP contribution >= 0.6 is 0 Å². The highest BCUT2D eigenvalue weighted by Crippen LogP contribution is 2.16. The molecule has 0 radical (unpaired) electrons. The predicted octanol–water partition coefficient (Wildman–Crippen LogP) is 4.21. The minimum atomic E-state index is -0.0234. The van der Waals surface area contributed by atoms with Gasteiger partial charge in [-0.1, -0.05) is 18.2 Å². The predicted molar refractivity (Wildman–Crippen MR) is 96.0 cm³/mol. The summed E-state index contributed by atoms with van der Waals surface area (Å²) >= 11 is 0. The highest BCUT2D eigenvalue weighted by atomic mass is 16.1. The van der Waals surface area contributed by atoms with Crippen LogP contribution in [0.15, 0.2) is 42.7 Å². The number of nitrogens with zero attached hydrogens (tertiary/aromatic N) is 3. The molecule has 0 bridgehead atoms. The van der Waals surface area contributed by atoms with Gasteiger partial charge in [0.2, 0.25) is 0 Å². The van der Waals surface area contributed by atoms with Gasteiger partial charge >= 0.3 is 0 Å². The summed E-state index contributed by atoms with van der Waals surface area (Å²) in [4.78, 5) is 14.5. The number of carbonyl (C=O) groups excluding carboxylic acids is 1. The van der Waals surface area contributed by atoms with Crippen molar-refractivity contribution in [2.24, 2.45) is 0 Å². The normalized spacial score (nSPS) is 11.3. The second-order valence-corrected chi connectivity index (χ2v) is 5.76. The second kappa shape index (κ2) is 7.77. The Kier molecular flexibility index (Phi) is 5.74. The van der Waals surface area contributed by atoms with Gasteiger partial charge in [0.25, 0.3) is 0 Å². The van der Waals surface area contributed by atoms with Crippen molar-refractivity contribution < 1.29 is 4.79 Å². The fourth-order valence-electron chi connectivity index (χ4n) is 2.40. The van der Waals surface area contributed by atoms with Gasteiger partial charge in [0.15, 0.2) is 5.78 Å². The second-order valence-electron chi connectivity index (χ2n) is 5.76. The highest BCUT2D eigenvalue weighted by molar-refractivity contribution is 6.06. The molecule has 0 N–H and O–H groups in total. The third kappa shape index (κ3) is 4.31. The Bertz CT molecular complexity index is 664. The van der Waals surface area contributed by atoms with Crippen LogP contribution < -0.4 is 4.90 Å². The van der Waals surface area contributed by atoms with E-state index in [-0.39, 0.29) is 11.8 Å². The van der Waals surface area contributed by atoms with Crippen molar-refractivity contribution in [3.63, 3.8) is 0 Å². The number of aromatic nitrogens is 2. The van der Waals surface area contributed by atoms with E-state index < -0.39 is 0 Å². The first-order valence-corrected chi connectivity index (χ1v) is 8.16. The van der Waals surface area contributed by atoms with E-state index in [1.165, 1.54) is 5.69 Å². The monoisotopic (exact) mass is 311 g/mol. The van der Waals surface area contributed by atoms with E-state index in [9.17, 15) is 4.79 Å². The summed E-state index contributed by atoms with van der Waals surface area (Å²) in [5.74, 6) is -0.0234. The maximum atomic E-state index is 12.2. The zero-order chi connectivity index (χ0) is 16.8. The summed E-state index contributed by atoms with van der Waals surface area (Å²) in [6, 6.07) is 8.51. The Balaban J connectivity index is 2.05. The molecule has 23 heavy (non-hydrogen) atoms. The number of carbonyl (C=O) groups is 1. The molecule has 1 aromatic carbocycles. The van der Waals surface area contributed by atoms with Gasteiger partial charge in [-0.15, -0.1) is 0 Å². The molecule has 0 aliphatic rings. The molecule has 0 unspecified atom stereocenters. The fraction of sp³-hybridized carbons (Fsp3) is 0.368. The zero-order valence-electron chi connectivity index (χ0n) is 14.4. The molecule has 4 heteroatoms. The van der Waals surface area contributed by atoms with Crippen LogP contribution in [0.4, 0.5) is 5.69 Å². The van der Waals surface area contributed by atoms with Crippen LogP contribution in [-0.2, 0) is 0 Å². The molecule has 0 aliphatic heterocycles. The zero-order valence-corrected chi connectivity index (χ0v) is 14.4. The number of allylic oxidation sites excluding steroid dienone is 1. The average Bonchev–Trinajstić information content (AvgIpc) is 3.05. The number of hydrogen-bond donors (Lipinski definition) is 0. The van der Waals surface area contributed by atoms with Crippen molar-refractivity contribution in [3.8, 4) is 0 Å². The topological polar surface area (TPSA) is 38.1 Å². The molecule has 0 atom stereocenters. The minimum Gasteiger partial charge on any atom is -0.372 e. The molecule has 1 heterocycles. The molecule has 0 aliphatic carbocycles. The lowest BCUT2D eigenvalue weighted by atomic mass is 10.1. The minimum absolute atomic E-state index is 0.0234. The van der Waals surface area contributed by atoms with Crippen LogP contribution in [0.5, 0.6) is 0 Å². The lowest BCUT2D eigenvalue weighted by Gasteiger charge is -2.20. The van der Waals surface area contributed by atoms with Crippen molar-refractivity contribution in [1.29, 1.82) is 0 Å².